The summed E-state index contributed by atoms with van der Waals surface area (Å²) >= 11 is 0. The van der Waals surface area contributed by atoms with Crippen LogP contribution in [0.5, 0.6) is 0 Å². The van der Waals surface area contributed by atoms with Crippen LogP contribution in [0.2, 0.25) is 0 Å². The van der Waals surface area contributed by atoms with Crippen molar-refractivity contribution in [2.24, 2.45) is 0 Å². The van der Waals surface area contributed by atoms with E-state index in [2.05, 4.69) is 10.3 Å². The minimum Gasteiger partial charge on any atom is -0.383 e. The Morgan fingerprint density at radius 1 is 1.33 bits per heavy atom. The molecule has 0 saturated heterocycles. The highest BCUT2D eigenvalue weighted by Gasteiger charge is 2.33. The maximum Gasteiger partial charge on any atom is 0.416 e. The number of halogens is 3. The van der Waals surface area contributed by atoms with Crippen molar-refractivity contribution in [3.05, 3.63) is 54.7 Å². The number of nitro benzene ring substituents is 1. The monoisotopic (exact) mass is 472 g/mol. The van der Waals surface area contributed by atoms with Gasteiger partial charge in [-0.1, -0.05) is 13.3 Å². The lowest BCUT2D eigenvalue weighted by Gasteiger charge is -2.20. The highest BCUT2D eigenvalue weighted by Crippen LogP contribution is 2.34. The molecule has 2 aromatic rings. The fourth-order valence-corrected chi connectivity index (χ4v) is 3.04. The van der Waals surface area contributed by atoms with Crippen LogP contribution < -0.4 is 27.2 Å². The number of hydrogen-bond donors (Lipinski definition) is 3. The van der Waals surface area contributed by atoms with Gasteiger partial charge in [0.15, 0.2) is 5.69 Å². The number of amides is 1. The van der Waals surface area contributed by atoms with E-state index in [0.29, 0.717) is 18.6 Å². The number of nitrogens with zero attached hydrogens (tertiary/aromatic N) is 3. The van der Waals surface area contributed by atoms with Crippen molar-refractivity contribution in [3.63, 3.8) is 0 Å². The second-order valence-corrected chi connectivity index (χ2v) is 7.11. The van der Waals surface area contributed by atoms with Crippen LogP contribution in [0.4, 0.5) is 36.1 Å². The van der Waals surface area contributed by atoms with Crippen molar-refractivity contribution in [2.45, 2.75) is 38.9 Å². The molecule has 1 heterocycles. The smallest absolute Gasteiger partial charge is 0.383 e. The molecule has 0 unspecified atom stereocenters. The molecule has 0 saturated carbocycles. The number of nitrogens with one attached hydrogen (secondary N) is 2. The molecule has 2 rings (SSSR count). The van der Waals surface area contributed by atoms with E-state index < -0.39 is 39.5 Å². The number of aromatic amines is 1. The van der Waals surface area contributed by atoms with E-state index >= 15 is 0 Å². The van der Waals surface area contributed by atoms with E-state index in [0.717, 1.165) is 22.0 Å². The zero-order valence-corrected chi connectivity index (χ0v) is 17.9. The molecule has 0 aliphatic rings. The fourth-order valence-electron chi connectivity index (χ4n) is 3.04. The van der Waals surface area contributed by atoms with Crippen LogP contribution in [0, 0.1) is 10.1 Å². The molecular formula is C19H23F3N6O5. The predicted molar refractivity (Wildman–Crippen MR) is 115 cm³/mol. The molecule has 0 atom stereocenters. The Morgan fingerprint density at radius 2 is 2.00 bits per heavy atom. The Kier molecular flexibility index (Phi) is 7.85. The largest absolute Gasteiger partial charge is 0.416 e. The number of H-pyrrole nitrogens is 1. The first-order valence-electron chi connectivity index (χ1n) is 9.87. The molecule has 4 N–H and O–H groups in total. The van der Waals surface area contributed by atoms with E-state index in [9.17, 15) is 37.7 Å². The zero-order chi connectivity index (χ0) is 24.9. The molecule has 1 amide bonds. The number of nitrogen functional groups attached to an aromatic ring is 1. The van der Waals surface area contributed by atoms with Crippen LogP contribution in [-0.4, -0.2) is 34.0 Å². The molecule has 0 fully saturated rings. The van der Waals surface area contributed by atoms with Gasteiger partial charge in [0, 0.05) is 32.6 Å². The molecule has 0 radical (unpaired) electrons. The number of rotatable bonds is 9. The summed E-state index contributed by atoms with van der Waals surface area (Å²) in [5, 5.41) is 13.7. The molecule has 180 valence electrons. The summed E-state index contributed by atoms with van der Waals surface area (Å²) in [4.78, 5) is 50.0. The molecule has 1 aromatic heterocycles. The zero-order valence-electron chi connectivity index (χ0n) is 17.9. The molecule has 1 aromatic carbocycles. The van der Waals surface area contributed by atoms with Crippen molar-refractivity contribution in [1.82, 2.24) is 9.55 Å². The summed E-state index contributed by atoms with van der Waals surface area (Å²) in [7, 11) is 1.28. The lowest BCUT2D eigenvalue weighted by molar-refractivity contribution is -0.384. The number of unbranched alkanes of at least 4 members (excludes halogenated alkanes) is 1. The van der Waals surface area contributed by atoms with Gasteiger partial charge in [0.25, 0.3) is 11.2 Å². The highest BCUT2D eigenvalue weighted by atomic mass is 19.4. The standard InChI is InChI=1S/C19H23F3N6O5/c1-3-4-9-27-16(23)15(17(30)25-18(27)31)26(2)14(29)7-8-24-12-6-5-11(19(20,21)22)10-13(12)28(32)33/h5-6,10,24H,3-4,7-9,23H2,1-2H3,(H,25,30,31). The number of carbonyl (C=O) groups is 1. The SMILES string of the molecule is CCCCn1c(N)c(N(C)C(=O)CCNc2ccc(C(F)(F)F)cc2[N+](=O)[O-])c(=O)[nH]c1=O. The number of anilines is 3. The number of nitrogens with two attached hydrogens (primary N) is 1. The molecular weight excluding hydrogens is 449 g/mol. The average molecular weight is 472 g/mol. The average Bonchev–Trinajstić information content (AvgIpc) is 2.72. The lowest BCUT2D eigenvalue weighted by Crippen LogP contribution is -2.39. The second-order valence-electron chi connectivity index (χ2n) is 7.11. The van der Waals surface area contributed by atoms with Crippen molar-refractivity contribution in [2.75, 3.05) is 29.5 Å². The maximum atomic E-state index is 12.8. The molecule has 33 heavy (non-hydrogen) atoms. The number of nitro groups is 1. The number of carbonyl (C=O) groups excluding carboxylic acids is 1. The molecule has 11 nitrogen and oxygen atoms in total. The van der Waals surface area contributed by atoms with E-state index in [1.807, 2.05) is 6.92 Å². The van der Waals surface area contributed by atoms with Gasteiger partial charge in [-0.05, 0) is 18.6 Å². The Labute approximate surface area is 185 Å². The first-order valence-corrected chi connectivity index (χ1v) is 9.87. The summed E-state index contributed by atoms with van der Waals surface area (Å²) in [6.45, 7) is 1.96. The molecule has 0 bridgehead atoms. The van der Waals surface area contributed by atoms with Crippen LogP contribution >= 0.6 is 0 Å². The normalized spacial score (nSPS) is 11.3. The fraction of sp³-hybridized carbons (Fsp3) is 0.421. The van der Waals surface area contributed by atoms with E-state index in [4.69, 9.17) is 5.73 Å². The van der Waals surface area contributed by atoms with E-state index in [1.54, 1.807) is 0 Å². The minimum atomic E-state index is -4.75. The topological polar surface area (TPSA) is 156 Å². The van der Waals surface area contributed by atoms with Gasteiger partial charge in [-0.15, -0.1) is 0 Å². The first-order chi connectivity index (χ1) is 15.4. The van der Waals surface area contributed by atoms with Crippen molar-refractivity contribution >= 4 is 28.8 Å². The summed E-state index contributed by atoms with van der Waals surface area (Å²) in [6, 6.07) is 1.99. The lowest BCUT2D eigenvalue weighted by atomic mass is 10.1. The van der Waals surface area contributed by atoms with Crippen LogP contribution in [0.1, 0.15) is 31.7 Å². The van der Waals surface area contributed by atoms with Crippen molar-refractivity contribution < 1.29 is 22.9 Å². The Morgan fingerprint density at radius 3 is 2.58 bits per heavy atom. The summed E-state index contributed by atoms with van der Waals surface area (Å²) in [5.74, 6) is -0.797. The maximum absolute atomic E-state index is 12.8. The number of aromatic nitrogens is 2. The molecule has 0 aliphatic heterocycles. The Balaban J connectivity index is 2.17. The van der Waals surface area contributed by atoms with Gasteiger partial charge in [0.2, 0.25) is 5.91 Å². The Bertz CT molecular complexity index is 1160. The molecule has 0 spiro atoms. The third-order valence-electron chi connectivity index (χ3n) is 4.83. The number of alkyl halides is 3. The van der Waals surface area contributed by atoms with Crippen molar-refractivity contribution in [3.8, 4) is 0 Å². The van der Waals surface area contributed by atoms with Crippen LogP contribution in [0.25, 0.3) is 0 Å². The third-order valence-corrected chi connectivity index (χ3v) is 4.83. The van der Waals surface area contributed by atoms with Crippen LogP contribution in [-0.2, 0) is 17.5 Å². The number of hydrogen-bond acceptors (Lipinski definition) is 7. The predicted octanol–water partition coefficient (Wildman–Crippen LogP) is 2.31. The van der Waals surface area contributed by atoms with E-state index in [1.165, 1.54) is 7.05 Å². The number of benzene rings is 1. The van der Waals surface area contributed by atoms with E-state index in [-0.39, 0.29) is 36.7 Å². The van der Waals surface area contributed by atoms with Crippen molar-refractivity contribution in [1.29, 1.82) is 0 Å². The van der Waals surface area contributed by atoms with Crippen LogP contribution in [0.3, 0.4) is 0 Å². The Hall–Kier alpha value is -3.84. The van der Waals surface area contributed by atoms with Gasteiger partial charge in [-0.2, -0.15) is 13.2 Å². The second kappa shape index (κ2) is 10.2. The minimum absolute atomic E-state index is 0.178. The van der Waals surface area contributed by atoms with Crippen LogP contribution in [0.15, 0.2) is 27.8 Å². The van der Waals surface area contributed by atoms with Gasteiger partial charge in [-0.3, -0.25) is 29.3 Å². The summed E-state index contributed by atoms with van der Waals surface area (Å²) < 4.78 is 39.6. The van der Waals surface area contributed by atoms with Gasteiger partial charge >= 0.3 is 11.9 Å². The van der Waals surface area contributed by atoms with Gasteiger partial charge in [-0.25, -0.2) is 4.79 Å². The quantitative estimate of drug-likeness (QED) is 0.373. The summed E-state index contributed by atoms with van der Waals surface area (Å²) in [6.07, 6.45) is -3.65. The molecule has 14 heteroatoms. The summed E-state index contributed by atoms with van der Waals surface area (Å²) in [5.41, 5.74) is 2.00. The molecule has 0 aliphatic carbocycles. The highest BCUT2D eigenvalue weighted by molar-refractivity contribution is 5.95. The first kappa shape index (κ1) is 25.4. The van der Waals surface area contributed by atoms with Gasteiger partial charge < -0.3 is 16.0 Å². The van der Waals surface area contributed by atoms with Gasteiger partial charge in [0.1, 0.15) is 11.5 Å². The third kappa shape index (κ3) is 5.90. The van der Waals surface area contributed by atoms with Gasteiger partial charge in [0.05, 0.1) is 10.5 Å².